The number of pyridine rings is 1. The lowest BCUT2D eigenvalue weighted by Crippen LogP contribution is -2.22. The van der Waals surface area contributed by atoms with Crippen molar-refractivity contribution in [1.82, 2.24) is 14.8 Å². The molecule has 4 rings (SSSR count). The Kier molecular flexibility index (Phi) is 7.80. The molecule has 34 heavy (non-hydrogen) atoms. The van der Waals surface area contributed by atoms with Crippen LogP contribution in [0, 0.1) is 5.92 Å². The van der Waals surface area contributed by atoms with E-state index < -0.39 is 6.61 Å². The van der Waals surface area contributed by atoms with Crippen molar-refractivity contribution in [3.8, 4) is 11.4 Å². The molecule has 1 aliphatic carbocycles. The normalized spacial score (nSPS) is 18.5. The maximum atomic E-state index is 12.9. The van der Waals surface area contributed by atoms with Gasteiger partial charge in [0.2, 0.25) is 0 Å². The number of hydrogen-bond donors (Lipinski definition) is 1. The highest BCUT2D eigenvalue weighted by molar-refractivity contribution is 5.95. The van der Waals surface area contributed by atoms with Crippen LogP contribution in [-0.2, 0) is 6.42 Å². The number of Topliss-reactive ketones (excluding diaryl/α,β-unsaturated/α-hetero) is 1. The predicted molar refractivity (Wildman–Crippen MR) is 123 cm³/mol. The van der Waals surface area contributed by atoms with E-state index in [0.29, 0.717) is 12.0 Å². The minimum atomic E-state index is -2.99. The van der Waals surface area contributed by atoms with E-state index in [0.717, 1.165) is 36.9 Å². The lowest BCUT2D eigenvalue weighted by molar-refractivity contribution is -0.0506. The van der Waals surface area contributed by atoms with Crippen LogP contribution in [-0.4, -0.2) is 38.4 Å². The van der Waals surface area contributed by atoms with Gasteiger partial charge in [-0.15, -0.1) is 0 Å². The van der Waals surface area contributed by atoms with E-state index in [1.54, 1.807) is 17.0 Å². The lowest BCUT2D eigenvalue weighted by atomic mass is 9.86. The molecular formula is C26H27F2N3O3. The molecule has 2 atom stereocenters. The van der Waals surface area contributed by atoms with Crippen LogP contribution < -0.4 is 4.74 Å². The minimum Gasteiger partial charge on any atom is -0.433 e. The van der Waals surface area contributed by atoms with Gasteiger partial charge < -0.3 is 9.84 Å². The van der Waals surface area contributed by atoms with Gasteiger partial charge >= 0.3 is 6.61 Å². The average molecular weight is 468 g/mol. The van der Waals surface area contributed by atoms with E-state index in [-0.39, 0.29) is 35.7 Å². The summed E-state index contributed by atoms with van der Waals surface area (Å²) in [7, 11) is 0. The zero-order chi connectivity index (χ0) is 23.9. The fourth-order valence-electron chi connectivity index (χ4n) is 4.20. The Morgan fingerprint density at radius 3 is 2.74 bits per heavy atom. The lowest BCUT2D eigenvalue weighted by Gasteiger charge is -2.24. The summed E-state index contributed by atoms with van der Waals surface area (Å²) < 4.78 is 32.2. The third-order valence-electron chi connectivity index (χ3n) is 6.02. The van der Waals surface area contributed by atoms with E-state index in [1.165, 1.54) is 12.3 Å². The fraction of sp³-hybridized carbons (Fsp3) is 0.346. The Labute approximate surface area is 196 Å². The zero-order valence-corrected chi connectivity index (χ0v) is 18.7. The molecule has 2 heterocycles. The first-order valence-corrected chi connectivity index (χ1v) is 11.4. The fourth-order valence-corrected chi connectivity index (χ4v) is 4.20. The third kappa shape index (κ3) is 6.14. The molecule has 8 heteroatoms. The number of ketones is 1. The zero-order valence-electron chi connectivity index (χ0n) is 18.7. The molecule has 178 valence electrons. The first kappa shape index (κ1) is 23.8. The van der Waals surface area contributed by atoms with Crippen molar-refractivity contribution >= 4 is 5.78 Å². The molecule has 1 aromatic carbocycles. The van der Waals surface area contributed by atoms with Crippen LogP contribution in [0.5, 0.6) is 5.75 Å². The quantitative estimate of drug-likeness (QED) is 0.348. The van der Waals surface area contributed by atoms with Gasteiger partial charge in [-0.2, -0.15) is 13.9 Å². The van der Waals surface area contributed by atoms with Crippen LogP contribution in [0.25, 0.3) is 5.69 Å². The van der Waals surface area contributed by atoms with Crippen molar-refractivity contribution in [3.63, 3.8) is 0 Å². The van der Waals surface area contributed by atoms with Gasteiger partial charge in [0.25, 0.3) is 0 Å². The Hall–Kier alpha value is -3.39. The molecule has 0 aliphatic heterocycles. The van der Waals surface area contributed by atoms with Gasteiger partial charge in [0.15, 0.2) is 5.78 Å². The second-order valence-electron chi connectivity index (χ2n) is 8.42. The van der Waals surface area contributed by atoms with Crippen LogP contribution in [0.15, 0.2) is 67.1 Å². The topological polar surface area (TPSA) is 77.2 Å². The highest BCUT2D eigenvalue weighted by Gasteiger charge is 2.20. The summed E-state index contributed by atoms with van der Waals surface area (Å²) in [5.41, 5.74) is 2.39. The Bertz CT molecular complexity index is 1110. The van der Waals surface area contributed by atoms with E-state index in [1.807, 2.05) is 42.6 Å². The Balaban J connectivity index is 1.48. The number of carbonyl (C=O) groups excluding carboxylic acids is 1. The number of aromatic nitrogens is 3. The molecule has 3 aromatic rings. The maximum absolute atomic E-state index is 12.9. The molecule has 6 nitrogen and oxygen atoms in total. The number of aliphatic hydroxyl groups excluding tert-OH is 1. The summed E-state index contributed by atoms with van der Waals surface area (Å²) in [6, 6.07) is 10.9. The first-order chi connectivity index (χ1) is 16.5. The molecule has 0 saturated heterocycles. The van der Waals surface area contributed by atoms with Crippen LogP contribution in [0.1, 0.15) is 53.7 Å². The SMILES string of the molecule is O=C(C/C=C/[C@H]1CCCC[C@@H]1O)c1cc(Cc2ccc(-n3cccn3)cc2)c(OC(F)F)cn1. The summed E-state index contributed by atoms with van der Waals surface area (Å²) in [4.78, 5) is 16.8. The van der Waals surface area contributed by atoms with Crippen molar-refractivity contribution in [2.45, 2.75) is 51.2 Å². The Morgan fingerprint density at radius 2 is 2.03 bits per heavy atom. The van der Waals surface area contributed by atoms with E-state index >= 15 is 0 Å². The van der Waals surface area contributed by atoms with Gasteiger partial charge in [0.1, 0.15) is 11.4 Å². The van der Waals surface area contributed by atoms with E-state index in [2.05, 4.69) is 14.8 Å². The number of alkyl halides is 2. The smallest absolute Gasteiger partial charge is 0.387 e. The van der Waals surface area contributed by atoms with Crippen LogP contribution in [0.3, 0.4) is 0 Å². The number of hydrogen-bond acceptors (Lipinski definition) is 5. The third-order valence-corrected chi connectivity index (χ3v) is 6.02. The number of benzene rings is 1. The second-order valence-corrected chi connectivity index (χ2v) is 8.42. The minimum absolute atomic E-state index is 0.0522. The second kappa shape index (κ2) is 11.2. The maximum Gasteiger partial charge on any atom is 0.387 e. The summed E-state index contributed by atoms with van der Waals surface area (Å²) in [6.45, 7) is -2.99. The van der Waals surface area contributed by atoms with Gasteiger partial charge in [-0.05, 0) is 42.7 Å². The monoisotopic (exact) mass is 467 g/mol. The number of halogens is 2. The first-order valence-electron chi connectivity index (χ1n) is 11.4. The van der Waals surface area contributed by atoms with Crippen molar-refractivity contribution in [3.05, 3.63) is 84.0 Å². The predicted octanol–water partition coefficient (Wildman–Crippen LogP) is 5.14. The summed E-state index contributed by atoms with van der Waals surface area (Å²) in [5, 5.41) is 14.3. The number of carbonyl (C=O) groups is 1. The van der Waals surface area contributed by atoms with Crippen LogP contribution >= 0.6 is 0 Å². The molecule has 0 bridgehead atoms. The van der Waals surface area contributed by atoms with Crippen LogP contribution in [0.2, 0.25) is 0 Å². The molecule has 0 radical (unpaired) electrons. The summed E-state index contributed by atoms with van der Waals surface area (Å²) >= 11 is 0. The largest absolute Gasteiger partial charge is 0.433 e. The molecule has 1 saturated carbocycles. The van der Waals surface area contributed by atoms with E-state index in [9.17, 15) is 18.7 Å². The van der Waals surface area contributed by atoms with Gasteiger partial charge in [0.05, 0.1) is 18.0 Å². The molecule has 0 unspecified atom stereocenters. The van der Waals surface area contributed by atoms with Crippen molar-refractivity contribution < 1.29 is 23.4 Å². The van der Waals surface area contributed by atoms with Gasteiger partial charge in [0, 0.05) is 36.7 Å². The highest BCUT2D eigenvalue weighted by Crippen LogP contribution is 2.27. The summed E-state index contributed by atoms with van der Waals surface area (Å²) in [6.07, 6.45) is 12.2. The number of ether oxygens (including phenoxy) is 1. The van der Waals surface area contributed by atoms with Gasteiger partial charge in [-0.3, -0.25) is 4.79 Å². The molecule has 1 fully saturated rings. The summed E-state index contributed by atoms with van der Waals surface area (Å²) in [5.74, 6) is -0.208. The van der Waals surface area contributed by atoms with Crippen molar-refractivity contribution in [2.24, 2.45) is 5.92 Å². The number of aliphatic hydroxyl groups is 1. The number of nitrogens with zero attached hydrogens (tertiary/aromatic N) is 3. The number of rotatable bonds is 9. The molecule has 2 aromatic heterocycles. The highest BCUT2D eigenvalue weighted by atomic mass is 19.3. The Morgan fingerprint density at radius 1 is 1.24 bits per heavy atom. The standard InChI is InChI=1S/C26H27F2N3O3/c27-26(28)34-25-17-29-22(24(33)8-3-6-19-5-1-2-7-23(19)32)16-20(25)15-18-9-11-21(12-10-18)31-14-4-13-30-31/h3-4,6,9-14,16-17,19,23,26,32H,1-2,5,7-8,15H2/b6-3+/t19-,23+/m1/s1. The van der Waals surface area contributed by atoms with Gasteiger partial charge in [-0.25, -0.2) is 9.67 Å². The number of allylic oxidation sites excluding steroid dienone is 1. The average Bonchev–Trinajstić information content (AvgIpc) is 3.36. The molecule has 1 aliphatic rings. The van der Waals surface area contributed by atoms with Gasteiger partial charge in [-0.1, -0.05) is 37.1 Å². The van der Waals surface area contributed by atoms with E-state index in [4.69, 9.17) is 0 Å². The molecule has 1 N–H and O–H groups in total. The molecular weight excluding hydrogens is 440 g/mol. The van der Waals surface area contributed by atoms with Crippen LogP contribution in [0.4, 0.5) is 8.78 Å². The molecule has 0 spiro atoms. The van der Waals surface area contributed by atoms with Crippen molar-refractivity contribution in [1.29, 1.82) is 0 Å². The van der Waals surface area contributed by atoms with Crippen molar-refractivity contribution in [2.75, 3.05) is 0 Å². The molecule has 0 amide bonds.